The quantitative estimate of drug-likeness (QED) is 0.0127. The molecule has 0 aromatic heterocycles. The molecule has 16 amide bonds. The summed E-state index contributed by atoms with van der Waals surface area (Å²) in [6.45, 7) is 11.0. The fraction of sp³-hybridized carbons (Fsp3) is 0.631. The van der Waals surface area contributed by atoms with Crippen LogP contribution < -0.4 is 131 Å². The number of aliphatic hydroxyl groups excluding tert-OH is 1. The van der Waals surface area contributed by atoms with Crippen molar-refractivity contribution in [3.63, 3.8) is 0 Å². The molecular formula is C84H141N27O21S2. The zero-order valence-electron chi connectivity index (χ0n) is 76.7. The van der Waals surface area contributed by atoms with E-state index < -0.39 is 251 Å². The molecule has 3 rings (SSSR count). The molecule has 1 saturated heterocycles. The molecule has 38 N–H and O–H groups in total. The largest absolute Gasteiger partial charge is 0.508 e. The number of aliphatic hydroxyl groups is 1. The monoisotopic (exact) mass is 1930 g/mol. The molecule has 134 heavy (non-hydrogen) atoms. The summed E-state index contributed by atoms with van der Waals surface area (Å²) >= 11 is 8.58. The number of carboxylic acid groups (broad SMARTS) is 1. The van der Waals surface area contributed by atoms with Gasteiger partial charge in [-0.1, -0.05) is 78.6 Å². The number of carbonyl (C=O) groups excluding carboxylic acids is 16. The van der Waals surface area contributed by atoms with Crippen LogP contribution in [0.15, 0.2) is 48.5 Å². The number of thiol groups is 2. The van der Waals surface area contributed by atoms with Crippen molar-refractivity contribution in [3.05, 3.63) is 59.7 Å². The molecule has 1 aliphatic heterocycles. The Balaban J connectivity index is 1.90. The SMILES string of the molecule is CC[C@H](C)[C@H](NC(=O)[C@@H](NC(=O)[C@@H]1CCCN1C(=O)[C@@H](N)C(C)C)[C@@H](C)CC)C(=O)N[C@@H](Cc1ccc(O)cc1)C(=O)N[C@@H](CS)C(=O)N[C@@H](CC(N)=O)C(=O)N[C@@H](CCCNC(=N)N)C(=O)N[C@@H](CCN)C(=O)N[C@H](C(=O)N[C@H](CCN)C(=O)N[C@@H](CCCCN)C(=O)N[C@@H](CS)C(=O)N[C@@H](CCN)C(=O)N[C@@H](CCCNC(=N)N)C(=O)N[C@@H](Cc1ccc(O)cc1)C(=O)O)[C@@H](C)O. The second-order valence-corrected chi connectivity index (χ2v) is 33.9. The Labute approximate surface area is 789 Å². The summed E-state index contributed by atoms with van der Waals surface area (Å²) in [5.74, 6) is -20.6. The number of rotatable bonds is 62. The Morgan fingerprint density at radius 2 is 0.739 bits per heavy atom. The smallest absolute Gasteiger partial charge is 0.326 e. The van der Waals surface area contributed by atoms with Crippen molar-refractivity contribution in [2.24, 2.45) is 63.6 Å². The number of phenolic OH excluding ortho intramolecular Hbond substituents is 2. The van der Waals surface area contributed by atoms with Crippen molar-refractivity contribution in [1.82, 2.24) is 90.0 Å². The lowest BCUT2D eigenvalue weighted by Gasteiger charge is -2.32. The van der Waals surface area contributed by atoms with E-state index in [0.29, 0.717) is 43.2 Å². The minimum atomic E-state index is -1.95. The molecule has 1 fully saturated rings. The summed E-state index contributed by atoms with van der Waals surface area (Å²) in [6, 6.07) is -13.1. The molecule has 2 aromatic rings. The molecule has 0 bridgehead atoms. The van der Waals surface area contributed by atoms with E-state index >= 15 is 0 Å². The van der Waals surface area contributed by atoms with Crippen LogP contribution in [0.4, 0.5) is 0 Å². The number of primary amides is 1. The van der Waals surface area contributed by atoms with E-state index in [-0.39, 0.29) is 127 Å². The second-order valence-electron chi connectivity index (χ2n) is 33.2. The topological polar surface area (TPSA) is 823 Å². The Kier molecular flexibility index (Phi) is 52.3. The summed E-state index contributed by atoms with van der Waals surface area (Å²) in [5, 5.41) is 96.5. The Bertz CT molecular complexity index is 4260. The van der Waals surface area contributed by atoms with E-state index in [1.54, 1.807) is 41.5 Å². The van der Waals surface area contributed by atoms with Gasteiger partial charge in [-0.25, -0.2) is 4.79 Å². The van der Waals surface area contributed by atoms with Gasteiger partial charge in [0.25, 0.3) is 0 Å². The van der Waals surface area contributed by atoms with Crippen molar-refractivity contribution in [2.45, 2.75) is 260 Å². The molecule has 0 aliphatic carbocycles. The van der Waals surface area contributed by atoms with Crippen molar-refractivity contribution in [3.8, 4) is 11.5 Å². The van der Waals surface area contributed by atoms with Crippen LogP contribution in [-0.4, -0.2) is 298 Å². The number of aliphatic carboxylic acids is 1. The molecule has 2 aromatic carbocycles. The predicted octanol–water partition coefficient (Wildman–Crippen LogP) is -8.36. The summed E-state index contributed by atoms with van der Waals surface area (Å²) < 4.78 is 0. The van der Waals surface area contributed by atoms with Gasteiger partial charge in [0, 0.05) is 44.0 Å². The molecule has 50 heteroatoms. The van der Waals surface area contributed by atoms with Crippen LogP contribution in [0.25, 0.3) is 0 Å². The molecule has 19 atom stereocenters. The number of aromatic hydroxyl groups is 2. The number of nitrogens with two attached hydrogens (primary N) is 8. The van der Waals surface area contributed by atoms with Crippen molar-refractivity contribution in [2.75, 3.05) is 57.3 Å². The summed E-state index contributed by atoms with van der Waals surface area (Å²) in [6.07, 6.45) is -2.87. The molecule has 1 aliphatic rings. The minimum Gasteiger partial charge on any atom is -0.508 e. The van der Waals surface area contributed by atoms with Crippen molar-refractivity contribution in [1.29, 1.82) is 10.8 Å². The van der Waals surface area contributed by atoms with Crippen LogP contribution in [-0.2, 0) is 94.3 Å². The van der Waals surface area contributed by atoms with Gasteiger partial charge in [-0.05, 0) is 163 Å². The van der Waals surface area contributed by atoms with E-state index in [1.165, 1.54) is 53.4 Å². The number of carboxylic acids is 1. The van der Waals surface area contributed by atoms with Crippen LogP contribution in [0, 0.1) is 28.6 Å². The number of benzene rings is 2. The number of unbranched alkanes of at least 4 members (excludes halogenated alkanes) is 1. The maximum atomic E-state index is 14.7. The number of guanidine groups is 2. The van der Waals surface area contributed by atoms with E-state index in [0.717, 1.165) is 6.92 Å². The van der Waals surface area contributed by atoms with Crippen LogP contribution in [0.1, 0.15) is 156 Å². The number of nitrogens with zero attached hydrogens (tertiary/aromatic N) is 1. The molecule has 1 heterocycles. The summed E-state index contributed by atoms with van der Waals surface area (Å²) in [4.78, 5) is 241. The molecule has 0 radical (unpaired) electrons. The van der Waals surface area contributed by atoms with Crippen LogP contribution >= 0.6 is 25.3 Å². The Morgan fingerprint density at radius 3 is 1.11 bits per heavy atom. The van der Waals surface area contributed by atoms with Gasteiger partial charge in [-0.2, -0.15) is 25.3 Å². The van der Waals surface area contributed by atoms with Gasteiger partial charge >= 0.3 is 5.97 Å². The van der Waals surface area contributed by atoms with Crippen LogP contribution in [0.2, 0.25) is 0 Å². The standard InChI is InChI=1S/C84H141N27O21S2/c1-8-43(5)64(109-79(128)65(44(6)9-2)108-77(126)61-18-14-36-111(61)81(130)63(90)42(3)4)78(127)104-56(37-46-19-23-48(113)24-20-46)73(122)107-60(41-134)76(125)103-57(39-62(89)115)74(123)99-51(16-12-34-95-83(91)92)67(116)100-55(29-33-88)72(121)110-66(45(7)112)80(129)102-54(28-32-87)71(120)97-50(15-10-11-30-85)69(118)106-59(40-133)75(124)101-53(27-31-86)70(119)98-52(17-13-35-96-84(93)94)68(117)105-58(82(131)132)38-47-21-25-49(114)26-22-47/h19-26,42-45,50-61,63-66,112-114,133-134H,8-18,27-41,85-88,90H2,1-7H3,(H2,89,115)(H,97,120)(H,98,119)(H,99,123)(H,100,116)(H,101,124)(H,102,129)(H,103,125)(H,104,127)(H,105,117)(H,106,118)(H,107,122)(H,108,126)(H,109,128)(H,110,121)(H,131,132)(H4,91,92,95)(H4,93,94,96)/t43-,44-,45+,50-,51-,52-,53-,54+,55-,56-,57-,58-,59-,60-,61-,63-,64-,65-,66-/m0/s1. The number of phenols is 2. The third-order valence-corrected chi connectivity index (χ3v) is 23.0. The van der Waals surface area contributed by atoms with Crippen molar-refractivity contribution < 1.29 is 102 Å². The average molecular weight is 1930 g/mol. The second kappa shape index (κ2) is 60.3. The van der Waals surface area contributed by atoms with Crippen LogP contribution in [0.3, 0.4) is 0 Å². The molecule has 0 saturated carbocycles. The highest BCUT2D eigenvalue weighted by Gasteiger charge is 2.43. The molecule has 48 nitrogen and oxygen atoms in total. The van der Waals surface area contributed by atoms with E-state index in [1.807, 2.05) is 0 Å². The zero-order chi connectivity index (χ0) is 101. The number of nitrogens with one attached hydrogen (secondary N) is 18. The van der Waals surface area contributed by atoms with E-state index in [9.17, 15) is 102 Å². The summed E-state index contributed by atoms with van der Waals surface area (Å²) in [7, 11) is 0. The van der Waals surface area contributed by atoms with E-state index in [4.69, 9.17) is 56.7 Å². The van der Waals surface area contributed by atoms with Gasteiger partial charge in [0.2, 0.25) is 94.5 Å². The van der Waals surface area contributed by atoms with E-state index in [2.05, 4.69) is 110 Å². The number of carbonyl (C=O) groups is 17. The highest BCUT2D eigenvalue weighted by atomic mass is 32.1. The first-order valence-electron chi connectivity index (χ1n) is 44.6. The van der Waals surface area contributed by atoms with Gasteiger partial charge in [0.1, 0.15) is 102 Å². The first-order valence-corrected chi connectivity index (χ1v) is 45.8. The maximum Gasteiger partial charge on any atom is 0.326 e. The predicted molar refractivity (Wildman–Crippen MR) is 500 cm³/mol. The number of hydrogen-bond acceptors (Lipinski definition) is 29. The highest BCUT2D eigenvalue weighted by molar-refractivity contribution is 7.80. The number of hydrogen-bond donors (Lipinski definition) is 32. The Hall–Kier alpha value is -12.0. The third kappa shape index (κ3) is 40.1. The third-order valence-electron chi connectivity index (χ3n) is 22.2. The lowest BCUT2D eigenvalue weighted by atomic mass is 9.94. The average Bonchev–Trinajstić information content (AvgIpc) is 1.76. The minimum absolute atomic E-state index is 0.0456. The maximum absolute atomic E-state index is 14.7. The summed E-state index contributed by atoms with van der Waals surface area (Å²) in [5.41, 5.74) is 47.1. The first kappa shape index (κ1) is 116. The van der Waals surface area contributed by atoms with Gasteiger partial charge in [-0.15, -0.1) is 0 Å². The lowest BCUT2D eigenvalue weighted by Crippen LogP contribution is -2.63. The Morgan fingerprint density at radius 1 is 0.418 bits per heavy atom. The van der Waals surface area contributed by atoms with Gasteiger partial charge in [0.05, 0.1) is 18.6 Å². The van der Waals surface area contributed by atoms with Crippen molar-refractivity contribution >= 4 is 138 Å². The van der Waals surface area contributed by atoms with Gasteiger partial charge in [-0.3, -0.25) is 87.5 Å². The highest BCUT2D eigenvalue weighted by Crippen LogP contribution is 2.23. The molecule has 0 unspecified atom stereocenters. The first-order chi connectivity index (χ1) is 63.3. The zero-order valence-corrected chi connectivity index (χ0v) is 78.5. The lowest BCUT2D eigenvalue weighted by molar-refractivity contribution is -0.142. The number of amides is 16. The number of likely N-dealkylation sites (tertiary alicyclic amines) is 1. The fourth-order valence-electron chi connectivity index (χ4n) is 13.9. The fourth-order valence-corrected chi connectivity index (χ4v) is 14.4. The molecule has 0 spiro atoms. The van der Waals surface area contributed by atoms with Crippen LogP contribution in [0.5, 0.6) is 11.5 Å². The molecular weight excluding hydrogens is 1790 g/mol. The van der Waals surface area contributed by atoms with Gasteiger partial charge < -0.3 is 156 Å². The normalized spacial score (nSPS) is 16.4. The van der Waals surface area contributed by atoms with Gasteiger partial charge in [0.15, 0.2) is 11.9 Å². The molecule has 750 valence electrons.